The number of nitrogens with zero attached hydrogens (tertiary/aromatic N) is 3. The third-order valence-corrected chi connectivity index (χ3v) is 3.09. The molecule has 96 valence electrons. The first-order valence-electron chi connectivity index (χ1n) is 6.18. The molecule has 3 aromatic rings. The third kappa shape index (κ3) is 2.13. The molecule has 0 amide bonds. The average molecular weight is 260 g/mol. The summed E-state index contributed by atoms with van der Waals surface area (Å²) in [6.45, 7) is 0. The lowest BCUT2D eigenvalue weighted by atomic mass is 10.1. The van der Waals surface area contributed by atoms with Crippen LogP contribution < -0.4 is 5.73 Å². The van der Waals surface area contributed by atoms with Crippen LogP contribution in [-0.2, 0) is 0 Å². The van der Waals surface area contributed by atoms with E-state index in [4.69, 9.17) is 11.0 Å². The van der Waals surface area contributed by atoms with Crippen molar-refractivity contribution in [3.05, 3.63) is 66.5 Å². The van der Waals surface area contributed by atoms with Gasteiger partial charge in [-0.3, -0.25) is 0 Å². The Morgan fingerprint density at radius 1 is 1.05 bits per heavy atom. The van der Waals surface area contributed by atoms with Gasteiger partial charge in [-0.05, 0) is 23.8 Å². The van der Waals surface area contributed by atoms with E-state index in [1.807, 2.05) is 36.5 Å². The molecule has 0 aliphatic rings. The van der Waals surface area contributed by atoms with Gasteiger partial charge in [0.2, 0.25) is 0 Å². The number of nitrogens with two attached hydrogens (primary N) is 1. The van der Waals surface area contributed by atoms with E-state index in [-0.39, 0.29) is 0 Å². The maximum absolute atomic E-state index is 8.85. The van der Waals surface area contributed by atoms with Crippen LogP contribution in [0.2, 0.25) is 0 Å². The van der Waals surface area contributed by atoms with Crippen molar-refractivity contribution in [3.8, 4) is 22.9 Å². The molecular weight excluding hydrogens is 248 g/mol. The van der Waals surface area contributed by atoms with E-state index < -0.39 is 0 Å². The van der Waals surface area contributed by atoms with Crippen molar-refractivity contribution >= 4 is 5.69 Å². The summed E-state index contributed by atoms with van der Waals surface area (Å²) >= 11 is 0. The van der Waals surface area contributed by atoms with Crippen molar-refractivity contribution in [1.29, 1.82) is 5.26 Å². The van der Waals surface area contributed by atoms with E-state index in [2.05, 4.69) is 11.2 Å². The second-order valence-electron chi connectivity index (χ2n) is 4.43. The van der Waals surface area contributed by atoms with Gasteiger partial charge in [-0.25, -0.2) is 4.68 Å². The largest absolute Gasteiger partial charge is 0.397 e. The Morgan fingerprint density at radius 2 is 1.85 bits per heavy atom. The van der Waals surface area contributed by atoms with Crippen LogP contribution in [0.3, 0.4) is 0 Å². The zero-order valence-corrected chi connectivity index (χ0v) is 10.7. The third-order valence-electron chi connectivity index (χ3n) is 3.09. The second-order valence-corrected chi connectivity index (χ2v) is 4.43. The van der Waals surface area contributed by atoms with Gasteiger partial charge >= 0.3 is 0 Å². The smallest absolute Gasteiger partial charge is 0.0992 e. The van der Waals surface area contributed by atoms with Gasteiger partial charge < -0.3 is 5.73 Å². The lowest BCUT2D eigenvalue weighted by Gasteiger charge is -2.05. The zero-order valence-electron chi connectivity index (χ0n) is 10.7. The topological polar surface area (TPSA) is 67.6 Å². The number of benzene rings is 2. The Hall–Kier alpha value is -3.06. The van der Waals surface area contributed by atoms with Gasteiger partial charge in [0.05, 0.1) is 29.2 Å². The molecule has 2 N–H and O–H groups in total. The first-order valence-corrected chi connectivity index (χ1v) is 6.18. The van der Waals surface area contributed by atoms with Crippen molar-refractivity contribution in [2.75, 3.05) is 5.73 Å². The molecule has 4 heteroatoms. The molecule has 0 atom stereocenters. The molecule has 0 aliphatic heterocycles. The van der Waals surface area contributed by atoms with E-state index in [1.165, 1.54) is 0 Å². The Balaban J connectivity index is 2.01. The molecule has 0 unspecified atom stereocenters. The van der Waals surface area contributed by atoms with Crippen molar-refractivity contribution in [2.24, 2.45) is 0 Å². The van der Waals surface area contributed by atoms with Gasteiger partial charge in [0, 0.05) is 11.8 Å². The van der Waals surface area contributed by atoms with Gasteiger partial charge in [-0.1, -0.05) is 30.3 Å². The Labute approximate surface area is 116 Å². The number of anilines is 1. The molecule has 0 saturated heterocycles. The fourth-order valence-electron chi connectivity index (χ4n) is 2.07. The van der Waals surface area contributed by atoms with Crippen LogP contribution in [0.15, 0.2) is 60.9 Å². The van der Waals surface area contributed by atoms with E-state index in [1.54, 1.807) is 29.1 Å². The van der Waals surface area contributed by atoms with Crippen LogP contribution >= 0.6 is 0 Å². The maximum atomic E-state index is 8.85. The van der Waals surface area contributed by atoms with Crippen molar-refractivity contribution in [1.82, 2.24) is 9.78 Å². The fraction of sp³-hybridized carbons (Fsp3) is 0. The van der Waals surface area contributed by atoms with E-state index >= 15 is 0 Å². The quantitative estimate of drug-likeness (QED) is 0.720. The number of hydrogen-bond donors (Lipinski definition) is 1. The summed E-state index contributed by atoms with van der Waals surface area (Å²) in [5.74, 6) is 0. The number of aromatic nitrogens is 2. The molecule has 3 rings (SSSR count). The lowest BCUT2D eigenvalue weighted by Crippen LogP contribution is -2.00. The molecule has 0 bridgehead atoms. The van der Waals surface area contributed by atoms with Gasteiger partial charge in [0.15, 0.2) is 0 Å². The summed E-state index contributed by atoms with van der Waals surface area (Å²) < 4.78 is 1.72. The summed E-state index contributed by atoms with van der Waals surface area (Å²) in [4.78, 5) is 0. The molecule has 0 radical (unpaired) electrons. The van der Waals surface area contributed by atoms with E-state index in [9.17, 15) is 0 Å². The molecule has 0 fully saturated rings. The minimum absolute atomic E-state index is 0.534. The minimum atomic E-state index is 0.534. The standard InChI is InChI=1S/C16H12N4/c17-9-12-6-7-16(15(18)8-12)20-11-14(10-19-20)13-4-2-1-3-5-13/h1-8,10-11H,18H2. The van der Waals surface area contributed by atoms with Crippen LogP contribution in [-0.4, -0.2) is 9.78 Å². The average Bonchev–Trinajstić information content (AvgIpc) is 2.97. The zero-order chi connectivity index (χ0) is 13.9. The SMILES string of the molecule is N#Cc1ccc(-n2cc(-c3ccccc3)cn2)c(N)c1. The summed E-state index contributed by atoms with van der Waals surface area (Å²) in [6.07, 6.45) is 3.72. The number of hydrogen-bond acceptors (Lipinski definition) is 3. The van der Waals surface area contributed by atoms with Crippen LogP contribution in [0.1, 0.15) is 5.56 Å². The number of nitriles is 1. The predicted molar refractivity (Wildman–Crippen MR) is 78.1 cm³/mol. The molecule has 1 aromatic heterocycles. The summed E-state index contributed by atoms with van der Waals surface area (Å²) in [6, 6.07) is 17.3. The van der Waals surface area contributed by atoms with Gasteiger partial charge in [0.1, 0.15) is 0 Å². The lowest BCUT2D eigenvalue weighted by molar-refractivity contribution is 0.883. The first kappa shape index (κ1) is 12.0. The van der Waals surface area contributed by atoms with Crippen LogP contribution in [0, 0.1) is 11.3 Å². The summed E-state index contributed by atoms with van der Waals surface area (Å²) in [5, 5.41) is 13.2. The molecule has 0 saturated carbocycles. The molecule has 1 heterocycles. The monoisotopic (exact) mass is 260 g/mol. The van der Waals surface area contributed by atoms with Crippen molar-refractivity contribution in [3.63, 3.8) is 0 Å². The highest BCUT2D eigenvalue weighted by molar-refractivity contribution is 5.65. The summed E-state index contributed by atoms with van der Waals surface area (Å²) in [7, 11) is 0. The highest BCUT2D eigenvalue weighted by atomic mass is 15.3. The minimum Gasteiger partial charge on any atom is -0.397 e. The second kappa shape index (κ2) is 4.90. The van der Waals surface area contributed by atoms with Crippen molar-refractivity contribution in [2.45, 2.75) is 0 Å². The first-order chi connectivity index (χ1) is 9.78. The number of nitrogen functional groups attached to an aromatic ring is 1. The number of rotatable bonds is 2. The highest BCUT2D eigenvalue weighted by Crippen LogP contribution is 2.22. The molecular formula is C16H12N4. The molecule has 0 aliphatic carbocycles. The van der Waals surface area contributed by atoms with Gasteiger partial charge in [-0.2, -0.15) is 10.4 Å². The molecule has 0 spiro atoms. The Kier molecular flexibility index (Phi) is 2.94. The molecule has 4 nitrogen and oxygen atoms in total. The normalized spacial score (nSPS) is 10.2. The highest BCUT2D eigenvalue weighted by Gasteiger charge is 2.06. The predicted octanol–water partition coefficient (Wildman–Crippen LogP) is 2.99. The van der Waals surface area contributed by atoms with Crippen LogP contribution in [0.25, 0.3) is 16.8 Å². The van der Waals surface area contributed by atoms with Gasteiger partial charge in [0.25, 0.3) is 0 Å². The van der Waals surface area contributed by atoms with Crippen molar-refractivity contribution < 1.29 is 0 Å². The van der Waals surface area contributed by atoms with E-state index in [0.717, 1.165) is 16.8 Å². The van der Waals surface area contributed by atoms with Crippen LogP contribution in [0.4, 0.5) is 5.69 Å². The Morgan fingerprint density at radius 3 is 2.55 bits per heavy atom. The molecule has 2 aromatic carbocycles. The fourth-order valence-corrected chi connectivity index (χ4v) is 2.07. The summed E-state index contributed by atoms with van der Waals surface area (Å²) in [5.41, 5.74) is 9.94. The van der Waals surface area contributed by atoms with Gasteiger partial charge in [-0.15, -0.1) is 0 Å². The maximum Gasteiger partial charge on any atom is 0.0992 e. The van der Waals surface area contributed by atoms with Crippen LogP contribution in [0.5, 0.6) is 0 Å². The van der Waals surface area contributed by atoms with E-state index in [0.29, 0.717) is 11.3 Å². The Bertz CT molecular complexity index is 782. The molecule has 20 heavy (non-hydrogen) atoms.